The first-order valence-corrected chi connectivity index (χ1v) is 8.31. The summed E-state index contributed by atoms with van der Waals surface area (Å²) in [5.41, 5.74) is 4.90. The van der Waals surface area contributed by atoms with Gasteiger partial charge in [0.15, 0.2) is 0 Å². The van der Waals surface area contributed by atoms with Crippen LogP contribution in [0.15, 0.2) is 46.2 Å². The molecule has 0 aliphatic heterocycles. The molecule has 0 saturated carbocycles. The number of carboxylic acid groups (broad SMARTS) is 1. The normalized spacial score (nSPS) is 11.1. The quantitative estimate of drug-likeness (QED) is 0.625. The van der Waals surface area contributed by atoms with Gasteiger partial charge in [-0.1, -0.05) is 23.7 Å². The van der Waals surface area contributed by atoms with Gasteiger partial charge in [0.1, 0.15) is 0 Å². The number of anilines is 1. The molecule has 0 saturated heterocycles. The van der Waals surface area contributed by atoms with Crippen LogP contribution >= 0.6 is 11.6 Å². The van der Waals surface area contributed by atoms with Crippen molar-refractivity contribution in [3.05, 3.63) is 52.5 Å². The van der Waals surface area contributed by atoms with E-state index in [4.69, 9.17) is 22.4 Å². The van der Waals surface area contributed by atoms with Gasteiger partial charge in [-0.05, 0) is 24.3 Å². The number of nitrogens with two attached hydrogens (primary N) is 1. The number of methoxy groups -OCH3 is 1. The Morgan fingerprint density at radius 1 is 1.12 bits per heavy atom. The summed E-state index contributed by atoms with van der Waals surface area (Å²) < 4.78 is 30.2. The molecular formula is C15H12ClNO6S. The number of carbonyl (C=O) groups is 2. The van der Waals surface area contributed by atoms with E-state index in [2.05, 4.69) is 4.74 Å². The number of esters is 1. The van der Waals surface area contributed by atoms with Crippen molar-refractivity contribution in [3.8, 4) is 0 Å². The largest absolute Gasteiger partial charge is 0.478 e. The number of nitrogen functional groups attached to an aromatic ring is 1. The number of benzene rings is 2. The van der Waals surface area contributed by atoms with E-state index in [0.29, 0.717) is 0 Å². The molecule has 0 unspecified atom stereocenters. The molecule has 2 aromatic rings. The highest BCUT2D eigenvalue weighted by molar-refractivity contribution is 7.91. The first kappa shape index (κ1) is 17.8. The Hall–Kier alpha value is -2.58. The van der Waals surface area contributed by atoms with Crippen molar-refractivity contribution >= 4 is 39.1 Å². The summed E-state index contributed by atoms with van der Waals surface area (Å²) in [5, 5.41) is 8.71. The predicted molar refractivity (Wildman–Crippen MR) is 86.1 cm³/mol. The van der Waals surface area contributed by atoms with E-state index in [1.54, 1.807) is 0 Å². The number of hydrogen-bond acceptors (Lipinski definition) is 6. The lowest BCUT2D eigenvalue weighted by molar-refractivity contribution is 0.0595. The summed E-state index contributed by atoms with van der Waals surface area (Å²) in [4.78, 5) is 22.1. The fourth-order valence-electron chi connectivity index (χ4n) is 2.07. The van der Waals surface area contributed by atoms with Crippen LogP contribution in [-0.4, -0.2) is 32.6 Å². The van der Waals surface area contributed by atoms with Crippen LogP contribution < -0.4 is 5.73 Å². The summed E-state index contributed by atoms with van der Waals surface area (Å²) in [6.45, 7) is 0. The van der Waals surface area contributed by atoms with E-state index < -0.39 is 26.7 Å². The number of halogens is 1. The third-order valence-corrected chi connectivity index (χ3v) is 5.38. The molecule has 24 heavy (non-hydrogen) atoms. The smallest absolute Gasteiger partial charge is 0.339 e. The highest BCUT2D eigenvalue weighted by Gasteiger charge is 2.28. The first-order chi connectivity index (χ1) is 11.2. The number of hydrogen-bond donors (Lipinski definition) is 2. The molecule has 2 rings (SSSR count). The van der Waals surface area contributed by atoms with Crippen molar-refractivity contribution in [2.45, 2.75) is 9.79 Å². The molecule has 0 spiro atoms. The second kappa shape index (κ2) is 6.50. The molecule has 2 aromatic carbocycles. The van der Waals surface area contributed by atoms with Gasteiger partial charge in [-0.3, -0.25) is 0 Å². The zero-order valence-corrected chi connectivity index (χ0v) is 13.9. The van der Waals surface area contributed by atoms with Gasteiger partial charge in [-0.2, -0.15) is 0 Å². The lowest BCUT2D eigenvalue weighted by atomic mass is 10.2. The number of carbonyl (C=O) groups excluding carboxylic acids is 1. The SMILES string of the molecule is COC(=O)c1ccccc1S(=O)(=O)c1cc(Cl)c(C(=O)O)cc1N. The molecule has 0 amide bonds. The molecule has 0 aromatic heterocycles. The number of aromatic carboxylic acids is 1. The van der Waals surface area contributed by atoms with Gasteiger partial charge in [-0.25, -0.2) is 18.0 Å². The van der Waals surface area contributed by atoms with Crippen molar-refractivity contribution < 1.29 is 27.9 Å². The molecule has 0 radical (unpaired) electrons. The lowest BCUT2D eigenvalue weighted by Gasteiger charge is -2.12. The minimum Gasteiger partial charge on any atom is -0.478 e. The van der Waals surface area contributed by atoms with Crippen LogP contribution in [0.25, 0.3) is 0 Å². The van der Waals surface area contributed by atoms with Crippen LogP contribution in [-0.2, 0) is 14.6 Å². The Morgan fingerprint density at radius 3 is 2.33 bits per heavy atom. The average molecular weight is 370 g/mol. The van der Waals surface area contributed by atoms with Crippen molar-refractivity contribution in [1.29, 1.82) is 0 Å². The molecule has 7 nitrogen and oxygen atoms in total. The topological polar surface area (TPSA) is 124 Å². The van der Waals surface area contributed by atoms with Gasteiger partial charge in [0, 0.05) is 0 Å². The van der Waals surface area contributed by atoms with Gasteiger partial charge < -0.3 is 15.6 Å². The molecule has 0 atom stereocenters. The van der Waals surface area contributed by atoms with E-state index in [9.17, 15) is 18.0 Å². The van der Waals surface area contributed by atoms with Crippen molar-refractivity contribution in [2.24, 2.45) is 0 Å². The highest BCUT2D eigenvalue weighted by atomic mass is 35.5. The zero-order valence-electron chi connectivity index (χ0n) is 12.3. The van der Waals surface area contributed by atoms with E-state index in [1.807, 2.05) is 0 Å². The summed E-state index contributed by atoms with van der Waals surface area (Å²) >= 11 is 5.83. The number of ether oxygens (including phenoxy) is 1. The molecule has 0 bridgehead atoms. The van der Waals surface area contributed by atoms with E-state index in [-0.39, 0.29) is 26.7 Å². The third-order valence-electron chi connectivity index (χ3n) is 3.20. The summed E-state index contributed by atoms with van der Waals surface area (Å²) in [5.74, 6) is -2.17. The van der Waals surface area contributed by atoms with Crippen molar-refractivity contribution in [1.82, 2.24) is 0 Å². The summed E-state index contributed by atoms with van der Waals surface area (Å²) in [7, 11) is -3.10. The molecule has 9 heteroatoms. The summed E-state index contributed by atoms with van der Waals surface area (Å²) in [6.07, 6.45) is 0. The lowest BCUT2D eigenvalue weighted by Crippen LogP contribution is -2.13. The minimum atomic E-state index is -4.22. The predicted octanol–water partition coefficient (Wildman–Crippen LogP) is 2.24. The summed E-state index contributed by atoms with van der Waals surface area (Å²) in [6, 6.07) is 7.34. The Balaban J connectivity index is 2.72. The van der Waals surface area contributed by atoms with Crippen molar-refractivity contribution in [3.63, 3.8) is 0 Å². The Kier molecular flexibility index (Phi) is 4.81. The number of carboxylic acids is 1. The van der Waals surface area contributed by atoms with E-state index in [0.717, 1.165) is 19.2 Å². The highest BCUT2D eigenvalue weighted by Crippen LogP contribution is 2.32. The fraction of sp³-hybridized carbons (Fsp3) is 0.0667. The molecule has 3 N–H and O–H groups in total. The Morgan fingerprint density at radius 2 is 1.75 bits per heavy atom. The van der Waals surface area contributed by atoms with Crippen LogP contribution in [0.4, 0.5) is 5.69 Å². The maximum Gasteiger partial charge on any atom is 0.339 e. The third kappa shape index (κ3) is 3.06. The standard InChI is InChI=1S/C15H12ClNO6S/c1-23-15(20)8-4-2-3-5-12(8)24(21,22)13-7-10(16)9(14(18)19)6-11(13)17/h2-7H,17H2,1H3,(H,18,19). The van der Waals surface area contributed by atoms with Crippen molar-refractivity contribution in [2.75, 3.05) is 12.8 Å². The maximum atomic E-state index is 12.8. The molecule has 0 aliphatic carbocycles. The first-order valence-electron chi connectivity index (χ1n) is 6.45. The maximum absolute atomic E-state index is 12.8. The molecule has 0 aliphatic rings. The molecule has 126 valence electrons. The van der Waals surface area contributed by atoms with Gasteiger partial charge in [0.25, 0.3) is 0 Å². The van der Waals surface area contributed by atoms with Crippen LogP contribution in [0.3, 0.4) is 0 Å². The number of sulfone groups is 1. The van der Waals surface area contributed by atoms with E-state index in [1.165, 1.54) is 24.3 Å². The van der Waals surface area contributed by atoms with Gasteiger partial charge >= 0.3 is 11.9 Å². The molecule has 0 fully saturated rings. The van der Waals surface area contributed by atoms with Gasteiger partial charge in [0.05, 0.1) is 38.7 Å². The van der Waals surface area contributed by atoms with E-state index >= 15 is 0 Å². The Bertz CT molecular complexity index is 939. The van der Waals surface area contributed by atoms with Crippen LogP contribution in [0.2, 0.25) is 5.02 Å². The monoisotopic (exact) mass is 369 g/mol. The molecular weight excluding hydrogens is 358 g/mol. The fourth-order valence-corrected chi connectivity index (χ4v) is 3.95. The second-order valence-corrected chi connectivity index (χ2v) is 6.96. The van der Waals surface area contributed by atoms with Crippen LogP contribution in [0, 0.1) is 0 Å². The molecule has 0 heterocycles. The van der Waals surface area contributed by atoms with Crippen LogP contribution in [0.1, 0.15) is 20.7 Å². The Labute approximate surface area is 142 Å². The van der Waals surface area contributed by atoms with Gasteiger partial charge in [0.2, 0.25) is 9.84 Å². The number of rotatable bonds is 4. The van der Waals surface area contributed by atoms with Gasteiger partial charge in [-0.15, -0.1) is 0 Å². The average Bonchev–Trinajstić information content (AvgIpc) is 2.55. The van der Waals surface area contributed by atoms with Crippen LogP contribution in [0.5, 0.6) is 0 Å². The zero-order chi connectivity index (χ0) is 18.1. The minimum absolute atomic E-state index is 0.169. The second-order valence-electron chi connectivity index (χ2n) is 4.67.